The van der Waals surface area contributed by atoms with Crippen LogP contribution in [-0.4, -0.2) is 18.2 Å². The monoisotopic (exact) mass is 466 g/mol. The minimum absolute atomic E-state index is 0.173. The summed E-state index contributed by atoms with van der Waals surface area (Å²) < 4.78 is 7.12. The topological polar surface area (TPSA) is 50.7 Å². The van der Waals surface area contributed by atoms with Gasteiger partial charge in [-0.05, 0) is 58.0 Å². The van der Waals surface area contributed by atoms with Crippen molar-refractivity contribution in [3.05, 3.63) is 61.9 Å². The molecule has 1 fully saturated rings. The van der Waals surface area contributed by atoms with E-state index in [1.807, 2.05) is 42.5 Å². The molecule has 3 rings (SSSR count). The molecule has 0 atom stereocenters. The molecule has 0 spiro atoms. The molecule has 1 amide bonds. The molecule has 0 unspecified atom stereocenters. The highest BCUT2D eigenvalue weighted by Crippen LogP contribution is 2.36. The van der Waals surface area contributed by atoms with Crippen LogP contribution in [0.5, 0.6) is 5.75 Å². The number of hydrogen-bond acceptors (Lipinski definition) is 4. The largest absolute Gasteiger partial charge is 0.495 e. The molecule has 122 valence electrons. The van der Waals surface area contributed by atoms with E-state index in [0.717, 1.165) is 20.2 Å². The smallest absolute Gasteiger partial charge is 0.264 e. The number of para-hydroxylation sites is 1. The zero-order valence-electron chi connectivity index (χ0n) is 12.5. The normalized spacial score (nSPS) is 17.4. The van der Waals surface area contributed by atoms with Crippen molar-refractivity contribution in [2.75, 3.05) is 7.11 Å². The summed E-state index contributed by atoms with van der Waals surface area (Å²) in [7, 11) is 1.60. The van der Waals surface area contributed by atoms with Gasteiger partial charge in [0.1, 0.15) is 5.75 Å². The number of nitrogens with zero attached hydrogens (tertiary/aromatic N) is 1. The molecule has 1 aliphatic rings. The van der Waals surface area contributed by atoms with E-state index in [1.165, 1.54) is 11.8 Å². The maximum Gasteiger partial charge on any atom is 0.264 e. The summed E-state index contributed by atoms with van der Waals surface area (Å²) in [6, 6.07) is 13.3. The molecule has 0 aliphatic carbocycles. The molecule has 1 N–H and O–H groups in total. The summed E-state index contributed by atoms with van der Waals surface area (Å²) in [5.74, 6) is 0.500. The molecule has 2 aromatic carbocycles. The number of nitrogens with one attached hydrogen (secondary N) is 1. The number of amidine groups is 1. The lowest BCUT2D eigenvalue weighted by atomic mass is 10.2. The number of halogens is 2. The minimum Gasteiger partial charge on any atom is -0.495 e. The van der Waals surface area contributed by atoms with E-state index in [0.29, 0.717) is 15.8 Å². The Hall–Kier alpha value is -1.57. The summed E-state index contributed by atoms with van der Waals surface area (Å²) in [6.45, 7) is 0. The van der Waals surface area contributed by atoms with Crippen molar-refractivity contribution < 1.29 is 9.53 Å². The van der Waals surface area contributed by atoms with Crippen molar-refractivity contribution in [1.29, 1.82) is 0 Å². The van der Waals surface area contributed by atoms with Crippen LogP contribution >= 0.6 is 43.6 Å². The summed E-state index contributed by atoms with van der Waals surface area (Å²) in [5.41, 5.74) is 1.60. The summed E-state index contributed by atoms with van der Waals surface area (Å²) in [4.78, 5) is 17.2. The standard InChI is InChI=1S/C17H12Br2N2O2S/c1-23-15-10(7-11(18)9-13(15)19)8-14-16(22)21-17(24-14)20-12-5-3-2-4-6-12/h2-9H,1H3,(H,20,21,22)/b14-8+. The summed E-state index contributed by atoms with van der Waals surface area (Å²) in [6.07, 6.45) is 1.79. The second-order valence-corrected chi connectivity index (χ2v) is 7.63. The lowest BCUT2D eigenvalue weighted by Crippen LogP contribution is -2.19. The zero-order chi connectivity index (χ0) is 17.1. The van der Waals surface area contributed by atoms with Gasteiger partial charge in [-0.2, -0.15) is 0 Å². The maximum absolute atomic E-state index is 12.2. The Bertz CT molecular complexity index is 851. The highest BCUT2D eigenvalue weighted by atomic mass is 79.9. The van der Waals surface area contributed by atoms with Crippen LogP contribution in [0.1, 0.15) is 5.56 Å². The van der Waals surface area contributed by atoms with Gasteiger partial charge in [0.05, 0.1) is 22.2 Å². The van der Waals surface area contributed by atoms with Crippen LogP contribution in [-0.2, 0) is 4.79 Å². The first-order chi connectivity index (χ1) is 11.6. The molecule has 0 saturated carbocycles. The van der Waals surface area contributed by atoms with E-state index in [2.05, 4.69) is 42.2 Å². The van der Waals surface area contributed by atoms with Crippen molar-refractivity contribution in [2.45, 2.75) is 0 Å². The number of methoxy groups -OCH3 is 1. The molecular weight excluding hydrogens is 456 g/mol. The fraction of sp³-hybridized carbons (Fsp3) is 0.0588. The molecule has 0 bridgehead atoms. The Kier molecular flexibility index (Phi) is 5.43. The quantitative estimate of drug-likeness (QED) is 0.638. The molecule has 1 saturated heterocycles. The van der Waals surface area contributed by atoms with E-state index >= 15 is 0 Å². The number of rotatable bonds is 3. The number of thioether (sulfide) groups is 1. The van der Waals surface area contributed by atoms with Crippen molar-refractivity contribution in [3.63, 3.8) is 0 Å². The Balaban J connectivity index is 1.92. The van der Waals surface area contributed by atoms with Gasteiger partial charge in [0.25, 0.3) is 5.91 Å². The van der Waals surface area contributed by atoms with Crippen molar-refractivity contribution in [3.8, 4) is 5.75 Å². The van der Waals surface area contributed by atoms with Gasteiger partial charge < -0.3 is 10.1 Å². The van der Waals surface area contributed by atoms with Crippen molar-refractivity contribution >= 4 is 66.5 Å². The Morgan fingerprint density at radius 3 is 2.67 bits per heavy atom. The second-order valence-electron chi connectivity index (χ2n) is 4.83. The van der Waals surface area contributed by atoms with E-state index in [1.54, 1.807) is 13.2 Å². The average molecular weight is 468 g/mol. The number of carbonyl (C=O) groups is 1. The number of hydrogen-bond donors (Lipinski definition) is 1. The van der Waals surface area contributed by atoms with Crippen LogP contribution in [0.2, 0.25) is 0 Å². The van der Waals surface area contributed by atoms with Gasteiger partial charge >= 0.3 is 0 Å². The number of benzene rings is 2. The zero-order valence-corrected chi connectivity index (χ0v) is 16.5. The van der Waals surface area contributed by atoms with Crippen LogP contribution in [0.15, 0.2) is 61.3 Å². The van der Waals surface area contributed by atoms with Gasteiger partial charge in [0.2, 0.25) is 0 Å². The van der Waals surface area contributed by atoms with E-state index < -0.39 is 0 Å². The Labute approximate surface area is 160 Å². The van der Waals surface area contributed by atoms with Crippen molar-refractivity contribution in [1.82, 2.24) is 5.32 Å². The molecule has 24 heavy (non-hydrogen) atoms. The molecular formula is C17H12Br2N2O2S. The van der Waals surface area contributed by atoms with E-state index in [-0.39, 0.29) is 5.91 Å². The number of carbonyl (C=O) groups excluding carboxylic acids is 1. The SMILES string of the molecule is COc1c(Br)cc(Br)cc1/C=C1/SC(=Nc2ccccc2)NC1=O. The van der Waals surface area contributed by atoms with Gasteiger partial charge in [-0.3, -0.25) is 4.79 Å². The lowest BCUT2D eigenvalue weighted by molar-refractivity contribution is -0.115. The number of ether oxygens (including phenoxy) is 1. The first kappa shape index (κ1) is 17.3. The fourth-order valence-corrected chi connectivity index (χ4v) is 4.40. The van der Waals surface area contributed by atoms with Crippen LogP contribution in [0.4, 0.5) is 5.69 Å². The highest BCUT2D eigenvalue weighted by Gasteiger charge is 2.24. The Morgan fingerprint density at radius 2 is 1.96 bits per heavy atom. The summed E-state index contributed by atoms with van der Waals surface area (Å²) in [5, 5.41) is 3.34. The lowest BCUT2D eigenvalue weighted by Gasteiger charge is -2.08. The highest BCUT2D eigenvalue weighted by molar-refractivity contribution is 9.11. The van der Waals surface area contributed by atoms with Crippen molar-refractivity contribution in [2.24, 2.45) is 4.99 Å². The molecule has 2 aromatic rings. The third kappa shape index (κ3) is 3.91. The van der Waals surface area contributed by atoms with Gasteiger partial charge in [-0.15, -0.1) is 0 Å². The number of amides is 1. The molecule has 0 aromatic heterocycles. The average Bonchev–Trinajstić information content (AvgIpc) is 2.87. The van der Waals surface area contributed by atoms with Gasteiger partial charge in [0, 0.05) is 10.0 Å². The Morgan fingerprint density at radius 1 is 1.21 bits per heavy atom. The third-order valence-electron chi connectivity index (χ3n) is 3.17. The second kappa shape index (κ2) is 7.55. The first-order valence-electron chi connectivity index (χ1n) is 6.94. The molecule has 1 heterocycles. The predicted octanol–water partition coefficient (Wildman–Crippen LogP) is 5.11. The van der Waals surface area contributed by atoms with Gasteiger partial charge in [0.15, 0.2) is 5.17 Å². The molecule has 7 heteroatoms. The molecule has 1 aliphatic heterocycles. The predicted molar refractivity (Wildman–Crippen MR) is 106 cm³/mol. The maximum atomic E-state index is 12.2. The molecule has 4 nitrogen and oxygen atoms in total. The van der Waals surface area contributed by atoms with Crippen LogP contribution in [0, 0.1) is 0 Å². The molecule has 0 radical (unpaired) electrons. The third-order valence-corrected chi connectivity index (χ3v) is 5.12. The van der Waals surface area contributed by atoms with E-state index in [9.17, 15) is 4.79 Å². The van der Waals surface area contributed by atoms with Crippen LogP contribution < -0.4 is 10.1 Å². The van der Waals surface area contributed by atoms with Crippen LogP contribution in [0.25, 0.3) is 6.08 Å². The first-order valence-corrected chi connectivity index (χ1v) is 9.35. The minimum atomic E-state index is -0.173. The van der Waals surface area contributed by atoms with Gasteiger partial charge in [-0.1, -0.05) is 34.1 Å². The van der Waals surface area contributed by atoms with Crippen LogP contribution in [0.3, 0.4) is 0 Å². The van der Waals surface area contributed by atoms with E-state index in [4.69, 9.17) is 4.74 Å². The number of aliphatic imine (C=N–C) groups is 1. The fourth-order valence-electron chi connectivity index (χ4n) is 2.14. The summed E-state index contributed by atoms with van der Waals surface area (Å²) >= 11 is 8.22. The van der Waals surface area contributed by atoms with Gasteiger partial charge in [-0.25, -0.2) is 4.99 Å².